The molecule has 0 amide bonds. The molecule has 1 aliphatic heterocycles. The van der Waals surface area contributed by atoms with Crippen molar-refractivity contribution in [3.63, 3.8) is 0 Å². The molecule has 0 aromatic heterocycles. The lowest BCUT2D eigenvalue weighted by molar-refractivity contribution is 0.268. The Bertz CT molecular complexity index is 1210. The van der Waals surface area contributed by atoms with E-state index in [9.17, 15) is 0 Å². The minimum atomic E-state index is -3.35. The molecule has 0 saturated carbocycles. The Hall–Kier alpha value is -3.37. The average molecular weight is 537 g/mol. The van der Waals surface area contributed by atoms with Crippen molar-refractivity contribution in [3.8, 4) is 0 Å². The predicted octanol–water partition coefficient (Wildman–Crippen LogP) is 6.85. The van der Waals surface area contributed by atoms with Gasteiger partial charge in [0.1, 0.15) is 0 Å². The maximum atomic E-state index is 6.66. The lowest BCUT2D eigenvalue weighted by Gasteiger charge is -2.46. The van der Waals surface area contributed by atoms with Gasteiger partial charge in [-0.25, -0.2) is 0 Å². The normalized spacial score (nSPS) is 16.5. The Morgan fingerprint density at radius 3 is 0.658 bits per heavy atom. The zero-order chi connectivity index (χ0) is 26.6. The van der Waals surface area contributed by atoms with Crippen LogP contribution in [0.5, 0.6) is 0 Å². The van der Waals surface area contributed by atoms with Crippen LogP contribution in [0.25, 0.3) is 20.8 Å². The van der Waals surface area contributed by atoms with Crippen LogP contribution in [-0.4, -0.2) is 45.6 Å². The molecule has 0 aliphatic carbocycles. The number of hydrogen-bond donors (Lipinski definition) is 0. The summed E-state index contributed by atoms with van der Waals surface area (Å²) in [5.41, 5.74) is 4.14. The molecule has 4 nitrogen and oxygen atoms in total. The summed E-state index contributed by atoms with van der Waals surface area (Å²) in [6, 6.07) is 41.5. The molecule has 0 radical (unpaired) electrons. The molecular formula is C32H32O4Si2. The fourth-order valence-corrected chi connectivity index (χ4v) is 14.2. The lowest BCUT2D eigenvalue weighted by Crippen LogP contribution is -2.56. The topological polar surface area (TPSA) is 36.9 Å². The molecule has 192 valence electrons. The van der Waals surface area contributed by atoms with Gasteiger partial charge in [0.15, 0.2) is 0 Å². The van der Waals surface area contributed by atoms with Crippen LogP contribution in [-0.2, 0) is 17.7 Å². The third kappa shape index (κ3) is 4.16. The van der Waals surface area contributed by atoms with Crippen LogP contribution in [0.15, 0.2) is 121 Å². The van der Waals surface area contributed by atoms with E-state index in [4.69, 9.17) is 17.7 Å². The number of benzene rings is 4. The van der Waals surface area contributed by atoms with E-state index in [1.54, 1.807) is 28.4 Å². The minimum absolute atomic E-state index is 1.02. The highest BCUT2D eigenvalue weighted by Gasteiger charge is 2.62. The molecule has 6 heteroatoms. The van der Waals surface area contributed by atoms with Crippen LogP contribution in [0.4, 0.5) is 0 Å². The third-order valence-electron chi connectivity index (χ3n) is 7.22. The molecular weight excluding hydrogens is 505 g/mol. The van der Waals surface area contributed by atoms with Crippen molar-refractivity contribution in [3.05, 3.63) is 144 Å². The monoisotopic (exact) mass is 536 g/mol. The summed E-state index contributed by atoms with van der Waals surface area (Å²) in [4.78, 5) is 0. The standard InChI is InChI=1S/C32H32O4Si2/c1-33-37(34-2)29(25-17-9-5-10-18-25)31(27-21-13-7-14-22-27)38(35-3,36-4)32(28-23-15-8-16-24-28)30(37)26-19-11-6-12-20-26/h5-24H,1-4H3. The van der Waals surface area contributed by atoms with Crippen molar-refractivity contribution in [2.75, 3.05) is 28.4 Å². The van der Waals surface area contributed by atoms with Gasteiger partial charge in [0, 0.05) is 49.2 Å². The number of rotatable bonds is 8. The predicted molar refractivity (Wildman–Crippen MR) is 159 cm³/mol. The second-order valence-corrected chi connectivity index (χ2v) is 15.1. The first kappa shape index (κ1) is 26.2. The van der Waals surface area contributed by atoms with Gasteiger partial charge in [-0.2, -0.15) is 0 Å². The smallest absolute Gasteiger partial charge is 0.391 e. The van der Waals surface area contributed by atoms with Crippen LogP contribution in [0, 0.1) is 0 Å². The third-order valence-corrected chi connectivity index (χ3v) is 14.8. The molecule has 0 spiro atoms. The van der Waals surface area contributed by atoms with E-state index in [0.29, 0.717) is 0 Å². The molecule has 5 rings (SSSR count). The largest absolute Gasteiger partial charge is 0.407 e. The molecule has 0 atom stereocenters. The quantitative estimate of drug-likeness (QED) is 0.231. The zero-order valence-corrected chi connectivity index (χ0v) is 24.2. The summed E-state index contributed by atoms with van der Waals surface area (Å²) in [6.45, 7) is 0. The van der Waals surface area contributed by atoms with E-state index >= 15 is 0 Å². The minimum Gasteiger partial charge on any atom is -0.391 e. The first-order valence-corrected chi connectivity index (χ1v) is 16.2. The van der Waals surface area contributed by atoms with Crippen molar-refractivity contribution in [1.82, 2.24) is 0 Å². The maximum absolute atomic E-state index is 6.66. The lowest BCUT2D eigenvalue weighted by atomic mass is 10.1. The molecule has 4 aromatic rings. The Morgan fingerprint density at radius 1 is 0.316 bits per heavy atom. The van der Waals surface area contributed by atoms with Gasteiger partial charge in [-0.05, 0) is 22.3 Å². The Labute approximate surface area is 227 Å². The summed E-state index contributed by atoms with van der Waals surface area (Å²) in [6.07, 6.45) is 0. The van der Waals surface area contributed by atoms with Crippen LogP contribution in [0.1, 0.15) is 22.3 Å². The molecule has 1 heterocycles. The number of hydrogen-bond acceptors (Lipinski definition) is 4. The second kappa shape index (κ2) is 11.2. The molecule has 4 aromatic carbocycles. The van der Waals surface area contributed by atoms with Gasteiger partial charge in [-0.15, -0.1) is 0 Å². The summed E-state index contributed by atoms with van der Waals surface area (Å²) < 4.78 is 26.6. The maximum Gasteiger partial charge on any atom is 0.407 e. The van der Waals surface area contributed by atoms with Gasteiger partial charge >= 0.3 is 17.1 Å². The van der Waals surface area contributed by atoms with Gasteiger partial charge in [0.05, 0.1) is 0 Å². The highest BCUT2D eigenvalue weighted by molar-refractivity contribution is 7.18. The molecule has 0 unspecified atom stereocenters. The van der Waals surface area contributed by atoms with Crippen molar-refractivity contribution in [2.45, 2.75) is 0 Å². The Kier molecular flexibility index (Phi) is 7.71. The van der Waals surface area contributed by atoms with E-state index in [2.05, 4.69) is 97.1 Å². The second-order valence-electron chi connectivity index (χ2n) is 9.01. The van der Waals surface area contributed by atoms with Crippen LogP contribution >= 0.6 is 0 Å². The molecule has 0 bridgehead atoms. The summed E-state index contributed by atoms with van der Waals surface area (Å²) in [7, 11) is 0.359. The fourth-order valence-electron chi connectivity index (χ4n) is 5.65. The first-order valence-electron chi connectivity index (χ1n) is 12.6. The highest BCUT2D eigenvalue weighted by atomic mass is 28.4. The van der Waals surface area contributed by atoms with Gasteiger partial charge in [-0.3, -0.25) is 0 Å². The van der Waals surface area contributed by atoms with E-state index < -0.39 is 17.1 Å². The van der Waals surface area contributed by atoms with Gasteiger partial charge < -0.3 is 17.7 Å². The van der Waals surface area contributed by atoms with Crippen molar-refractivity contribution >= 4 is 37.9 Å². The van der Waals surface area contributed by atoms with E-state index in [-0.39, 0.29) is 0 Å². The van der Waals surface area contributed by atoms with Crippen LogP contribution in [0.2, 0.25) is 0 Å². The van der Waals surface area contributed by atoms with Gasteiger partial charge in [0.25, 0.3) is 0 Å². The molecule has 1 aliphatic rings. The summed E-state index contributed by atoms with van der Waals surface area (Å²) in [5, 5.41) is 4.07. The molecule has 0 fully saturated rings. The Balaban J connectivity index is 2.06. The first-order chi connectivity index (χ1) is 18.7. The van der Waals surface area contributed by atoms with E-state index in [0.717, 1.165) is 43.0 Å². The van der Waals surface area contributed by atoms with E-state index in [1.807, 2.05) is 24.3 Å². The highest BCUT2D eigenvalue weighted by Crippen LogP contribution is 2.55. The molecule has 38 heavy (non-hydrogen) atoms. The van der Waals surface area contributed by atoms with E-state index in [1.165, 1.54) is 0 Å². The van der Waals surface area contributed by atoms with Crippen molar-refractivity contribution in [1.29, 1.82) is 0 Å². The average Bonchev–Trinajstić information content (AvgIpc) is 3.01. The fraction of sp³-hybridized carbons (Fsp3) is 0.125. The van der Waals surface area contributed by atoms with Gasteiger partial charge in [0.2, 0.25) is 0 Å². The van der Waals surface area contributed by atoms with Crippen molar-refractivity contribution < 1.29 is 17.7 Å². The Morgan fingerprint density at radius 2 is 0.500 bits per heavy atom. The summed E-state index contributed by atoms with van der Waals surface area (Å²) in [5.74, 6) is 0. The molecule has 0 saturated heterocycles. The zero-order valence-electron chi connectivity index (χ0n) is 22.2. The van der Waals surface area contributed by atoms with Gasteiger partial charge in [-0.1, -0.05) is 121 Å². The molecule has 0 N–H and O–H groups in total. The van der Waals surface area contributed by atoms with Crippen LogP contribution < -0.4 is 0 Å². The summed E-state index contributed by atoms with van der Waals surface area (Å²) >= 11 is 0. The van der Waals surface area contributed by atoms with Crippen molar-refractivity contribution in [2.24, 2.45) is 0 Å². The van der Waals surface area contributed by atoms with Crippen LogP contribution in [0.3, 0.4) is 0 Å². The SMILES string of the molecule is CO[Si]1(OC)C(c2ccccc2)=C(c2ccccc2)[Si](OC)(OC)C(c2ccccc2)=C1c1ccccc1.